The molecule has 1 heterocycles. The predicted octanol–water partition coefficient (Wildman–Crippen LogP) is 3.16. The highest BCUT2D eigenvalue weighted by Gasteiger charge is 2.46. The number of hydrogen-bond donors (Lipinski definition) is 1. The van der Waals surface area contributed by atoms with Crippen molar-refractivity contribution < 1.29 is 23.9 Å². The van der Waals surface area contributed by atoms with E-state index in [1.165, 1.54) is 19.1 Å². The molecule has 1 saturated heterocycles. The standard InChI is InChI=1S/C21H22ClN3O5/c1-29-12-11-24-18(13-19(26)23-15-5-3-14(22)4-6-15)20(27)25(21(24)28)16-7-9-17(30-2)10-8-16/h3-10,18H,11-13H2,1-2H3,(H,23,26)/t18-/m1/s1. The number of rotatable bonds is 8. The molecule has 0 bridgehead atoms. The van der Waals surface area contributed by atoms with Gasteiger partial charge in [0.2, 0.25) is 5.91 Å². The van der Waals surface area contributed by atoms with E-state index in [0.29, 0.717) is 22.1 Å². The van der Waals surface area contributed by atoms with E-state index in [-0.39, 0.29) is 25.5 Å². The van der Waals surface area contributed by atoms with Crippen LogP contribution in [0.25, 0.3) is 0 Å². The van der Waals surface area contributed by atoms with Crippen LogP contribution < -0.4 is 15.0 Å². The first-order chi connectivity index (χ1) is 14.4. The monoisotopic (exact) mass is 431 g/mol. The van der Waals surface area contributed by atoms with Crippen molar-refractivity contribution in [2.24, 2.45) is 0 Å². The van der Waals surface area contributed by atoms with Crippen molar-refractivity contribution in [3.63, 3.8) is 0 Å². The number of nitrogens with zero attached hydrogens (tertiary/aromatic N) is 2. The second kappa shape index (κ2) is 9.60. The van der Waals surface area contributed by atoms with Gasteiger partial charge in [-0.1, -0.05) is 11.6 Å². The Morgan fingerprint density at radius 1 is 1.07 bits per heavy atom. The summed E-state index contributed by atoms with van der Waals surface area (Å²) in [7, 11) is 3.04. The number of benzene rings is 2. The molecular formula is C21H22ClN3O5. The van der Waals surface area contributed by atoms with Crippen molar-refractivity contribution in [1.82, 2.24) is 4.90 Å². The van der Waals surface area contributed by atoms with Gasteiger partial charge in [-0.15, -0.1) is 0 Å². The van der Waals surface area contributed by atoms with Crippen LogP contribution in [-0.2, 0) is 14.3 Å². The van der Waals surface area contributed by atoms with Crippen molar-refractivity contribution in [3.8, 4) is 5.75 Å². The summed E-state index contributed by atoms with van der Waals surface area (Å²) in [6.07, 6.45) is -0.177. The van der Waals surface area contributed by atoms with Crippen molar-refractivity contribution in [2.75, 3.05) is 37.6 Å². The normalized spacial score (nSPS) is 16.2. The zero-order chi connectivity index (χ0) is 21.7. The highest BCUT2D eigenvalue weighted by Crippen LogP contribution is 2.28. The quantitative estimate of drug-likeness (QED) is 0.648. The minimum Gasteiger partial charge on any atom is -0.497 e. The molecule has 2 aromatic rings. The Morgan fingerprint density at radius 2 is 1.73 bits per heavy atom. The fourth-order valence-corrected chi connectivity index (χ4v) is 3.29. The molecular weight excluding hydrogens is 410 g/mol. The second-order valence-corrected chi connectivity index (χ2v) is 7.05. The number of urea groups is 1. The minimum absolute atomic E-state index is 0.177. The lowest BCUT2D eigenvalue weighted by molar-refractivity contribution is -0.124. The molecule has 1 fully saturated rings. The number of nitrogens with one attached hydrogen (secondary N) is 1. The third kappa shape index (κ3) is 4.72. The van der Waals surface area contributed by atoms with Gasteiger partial charge in [0, 0.05) is 24.4 Å². The molecule has 158 valence electrons. The summed E-state index contributed by atoms with van der Waals surface area (Å²) in [5.74, 6) is -0.247. The predicted molar refractivity (Wildman–Crippen MR) is 113 cm³/mol. The van der Waals surface area contributed by atoms with Crippen molar-refractivity contribution in [3.05, 3.63) is 53.6 Å². The molecule has 9 heteroatoms. The first-order valence-corrected chi connectivity index (χ1v) is 9.65. The molecule has 3 rings (SSSR count). The zero-order valence-corrected chi connectivity index (χ0v) is 17.4. The number of anilines is 2. The third-order valence-corrected chi connectivity index (χ3v) is 4.94. The number of carbonyl (C=O) groups excluding carboxylic acids is 3. The molecule has 1 N–H and O–H groups in total. The Balaban J connectivity index is 1.79. The Hall–Kier alpha value is -3.10. The lowest BCUT2D eigenvalue weighted by Gasteiger charge is -2.21. The van der Waals surface area contributed by atoms with Gasteiger partial charge < -0.3 is 19.7 Å². The van der Waals surface area contributed by atoms with Gasteiger partial charge in [0.1, 0.15) is 11.8 Å². The third-order valence-electron chi connectivity index (χ3n) is 4.69. The number of methoxy groups -OCH3 is 2. The molecule has 0 saturated carbocycles. The van der Waals surface area contributed by atoms with E-state index in [1.54, 1.807) is 48.5 Å². The van der Waals surface area contributed by atoms with Gasteiger partial charge in [-0.3, -0.25) is 9.59 Å². The maximum absolute atomic E-state index is 13.1. The van der Waals surface area contributed by atoms with Crippen molar-refractivity contribution >= 4 is 40.8 Å². The number of ether oxygens (including phenoxy) is 2. The molecule has 1 aliphatic heterocycles. The van der Waals surface area contributed by atoms with Crippen LogP contribution in [-0.4, -0.2) is 56.2 Å². The summed E-state index contributed by atoms with van der Waals surface area (Å²) in [4.78, 5) is 41.0. The number of imide groups is 1. The SMILES string of the molecule is COCCN1C(=O)N(c2ccc(OC)cc2)C(=O)[C@H]1CC(=O)Nc1ccc(Cl)cc1. The molecule has 0 spiro atoms. The van der Waals surface area contributed by atoms with Gasteiger partial charge in [-0.25, -0.2) is 9.69 Å². The maximum Gasteiger partial charge on any atom is 0.332 e. The minimum atomic E-state index is -0.929. The zero-order valence-electron chi connectivity index (χ0n) is 16.6. The Kier molecular flexibility index (Phi) is 6.91. The van der Waals surface area contributed by atoms with Gasteiger partial charge >= 0.3 is 6.03 Å². The largest absolute Gasteiger partial charge is 0.497 e. The maximum atomic E-state index is 13.1. The van der Waals surface area contributed by atoms with E-state index in [4.69, 9.17) is 21.1 Å². The van der Waals surface area contributed by atoms with E-state index >= 15 is 0 Å². The summed E-state index contributed by atoms with van der Waals surface area (Å²) < 4.78 is 10.2. The lowest BCUT2D eigenvalue weighted by atomic mass is 10.1. The van der Waals surface area contributed by atoms with E-state index in [0.717, 1.165) is 4.90 Å². The van der Waals surface area contributed by atoms with Crippen LogP contribution in [0.5, 0.6) is 5.75 Å². The van der Waals surface area contributed by atoms with Crippen LogP contribution in [0.15, 0.2) is 48.5 Å². The van der Waals surface area contributed by atoms with Gasteiger partial charge in [0.15, 0.2) is 0 Å². The average Bonchev–Trinajstić information content (AvgIpc) is 2.97. The number of halogens is 1. The molecule has 1 atom stereocenters. The van der Waals surface area contributed by atoms with Gasteiger partial charge in [0.25, 0.3) is 5.91 Å². The highest BCUT2D eigenvalue weighted by molar-refractivity contribution is 6.30. The molecule has 0 aliphatic carbocycles. The number of hydrogen-bond acceptors (Lipinski definition) is 5. The molecule has 30 heavy (non-hydrogen) atoms. The summed E-state index contributed by atoms with van der Waals surface area (Å²) in [5.41, 5.74) is 0.963. The summed E-state index contributed by atoms with van der Waals surface area (Å²) in [6.45, 7) is 0.428. The molecule has 0 aromatic heterocycles. The molecule has 0 unspecified atom stereocenters. The molecule has 0 radical (unpaired) electrons. The Morgan fingerprint density at radius 3 is 2.33 bits per heavy atom. The Bertz CT molecular complexity index is 917. The van der Waals surface area contributed by atoms with Gasteiger partial charge in [-0.2, -0.15) is 0 Å². The topological polar surface area (TPSA) is 88.2 Å². The van der Waals surface area contributed by atoms with E-state index in [9.17, 15) is 14.4 Å². The summed E-state index contributed by atoms with van der Waals surface area (Å²) in [5, 5.41) is 3.27. The number of amides is 4. The first kappa shape index (κ1) is 21.6. The average molecular weight is 432 g/mol. The van der Waals surface area contributed by atoms with E-state index in [2.05, 4.69) is 5.32 Å². The van der Waals surface area contributed by atoms with Crippen LogP contribution in [0.3, 0.4) is 0 Å². The van der Waals surface area contributed by atoms with Crippen LogP contribution in [0.1, 0.15) is 6.42 Å². The summed E-state index contributed by atoms with van der Waals surface area (Å²) in [6, 6.07) is 11.8. The molecule has 8 nitrogen and oxygen atoms in total. The fourth-order valence-electron chi connectivity index (χ4n) is 3.17. The molecule has 2 aromatic carbocycles. The molecule has 1 aliphatic rings. The lowest BCUT2D eigenvalue weighted by Crippen LogP contribution is -2.39. The van der Waals surface area contributed by atoms with Crippen molar-refractivity contribution in [1.29, 1.82) is 0 Å². The summed E-state index contributed by atoms with van der Waals surface area (Å²) >= 11 is 5.86. The van der Waals surface area contributed by atoms with Crippen LogP contribution in [0.4, 0.5) is 16.2 Å². The second-order valence-electron chi connectivity index (χ2n) is 6.62. The number of carbonyl (C=O) groups is 3. The van der Waals surface area contributed by atoms with E-state index < -0.39 is 18.0 Å². The fraction of sp³-hybridized carbons (Fsp3) is 0.286. The molecule has 4 amide bonds. The highest BCUT2D eigenvalue weighted by atomic mass is 35.5. The van der Waals surface area contributed by atoms with Gasteiger partial charge in [0.05, 0.1) is 25.8 Å². The van der Waals surface area contributed by atoms with Crippen LogP contribution in [0.2, 0.25) is 5.02 Å². The van der Waals surface area contributed by atoms with Crippen LogP contribution >= 0.6 is 11.6 Å². The first-order valence-electron chi connectivity index (χ1n) is 9.27. The Labute approximate surface area is 179 Å². The smallest absolute Gasteiger partial charge is 0.332 e. The van der Waals surface area contributed by atoms with Gasteiger partial charge in [-0.05, 0) is 48.5 Å². The van der Waals surface area contributed by atoms with Crippen LogP contribution in [0, 0.1) is 0 Å². The van der Waals surface area contributed by atoms with Crippen molar-refractivity contribution in [2.45, 2.75) is 12.5 Å². The van der Waals surface area contributed by atoms with E-state index in [1.807, 2.05) is 0 Å².